The van der Waals surface area contributed by atoms with Gasteiger partial charge in [0.1, 0.15) is 11.6 Å². The van der Waals surface area contributed by atoms with Crippen LogP contribution < -0.4 is 0 Å². The van der Waals surface area contributed by atoms with Crippen LogP contribution in [-0.2, 0) is 4.74 Å². The fraction of sp³-hybridized carbons (Fsp3) is 0.538. The van der Waals surface area contributed by atoms with E-state index in [1.54, 1.807) is 0 Å². The van der Waals surface area contributed by atoms with Gasteiger partial charge >= 0.3 is 0 Å². The first-order valence-electron chi connectivity index (χ1n) is 5.76. The summed E-state index contributed by atoms with van der Waals surface area (Å²) in [6.45, 7) is 3.89. The second kappa shape index (κ2) is 4.70. The van der Waals surface area contributed by atoms with Crippen LogP contribution in [-0.4, -0.2) is 17.8 Å². The summed E-state index contributed by atoms with van der Waals surface area (Å²) < 4.78 is 32.4. The molecular weight excluding hydrogens is 226 g/mol. The Hall–Kier alpha value is -1.00. The van der Waals surface area contributed by atoms with E-state index in [1.165, 1.54) is 6.92 Å². The van der Waals surface area contributed by atoms with Crippen LogP contribution in [0, 0.1) is 24.5 Å². The molecule has 1 aliphatic rings. The number of hydrogen-bond donors (Lipinski definition) is 1. The molecule has 1 aliphatic heterocycles. The number of benzene rings is 1. The van der Waals surface area contributed by atoms with Gasteiger partial charge in [-0.2, -0.15) is 0 Å². The molecule has 0 aromatic heterocycles. The fourth-order valence-corrected chi connectivity index (χ4v) is 2.28. The Morgan fingerprint density at radius 2 is 2.06 bits per heavy atom. The van der Waals surface area contributed by atoms with Gasteiger partial charge in [-0.05, 0) is 38.0 Å². The summed E-state index contributed by atoms with van der Waals surface area (Å²) in [5.41, 5.74) is 0.268. The van der Waals surface area contributed by atoms with Crippen molar-refractivity contribution in [2.45, 2.75) is 32.5 Å². The molecule has 1 fully saturated rings. The number of aryl methyl sites for hydroxylation is 1. The minimum atomic E-state index is -1.01. The highest BCUT2D eigenvalue weighted by molar-refractivity contribution is 5.27. The third kappa shape index (κ3) is 2.33. The summed E-state index contributed by atoms with van der Waals surface area (Å²) in [4.78, 5) is 0. The van der Waals surface area contributed by atoms with E-state index in [9.17, 15) is 13.9 Å². The maximum absolute atomic E-state index is 13.7. The summed E-state index contributed by atoms with van der Waals surface area (Å²) in [6.07, 6.45) is -0.478. The Morgan fingerprint density at radius 1 is 1.35 bits per heavy atom. The standard InChI is InChI=1S/C13H16F2O2/c1-7-5-12(15)10(6-11(7)14)13(16)9-3-4-17-8(9)2/h5-6,8-9,13,16H,3-4H2,1-2H3. The van der Waals surface area contributed by atoms with E-state index in [4.69, 9.17) is 4.74 Å². The molecule has 1 aromatic carbocycles. The Labute approximate surface area is 99.2 Å². The summed E-state index contributed by atoms with van der Waals surface area (Å²) in [7, 11) is 0. The van der Waals surface area contributed by atoms with Crippen molar-refractivity contribution in [3.63, 3.8) is 0 Å². The molecular formula is C13H16F2O2. The Balaban J connectivity index is 2.30. The van der Waals surface area contributed by atoms with Gasteiger partial charge in [0.15, 0.2) is 0 Å². The summed E-state index contributed by atoms with van der Waals surface area (Å²) in [6, 6.07) is 2.20. The number of rotatable bonds is 2. The first-order valence-corrected chi connectivity index (χ1v) is 5.76. The zero-order valence-corrected chi connectivity index (χ0v) is 9.91. The monoisotopic (exact) mass is 242 g/mol. The van der Waals surface area contributed by atoms with Crippen LogP contribution in [0.15, 0.2) is 12.1 Å². The fourth-order valence-electron chi connectivity index (χ4n) is 2.28. The third-order valence-corrected chi connectivity index (χ3v) is 3.44. The molecule has 17 heavy (non-hydrogen) atoms. The number of aliphatic hydroxyl groups excluding tert-OH is 1. The van der Waals surface area contributed by atoms with Crippen molar-refractivity contribution in [3.8, 4) is 0 Å². The predicted octanol–water partition coefficient (Wildman–Crippen LogP) is 2.73. The van der Waals surface area contributed by atoms with Crippen LogP contribution in [0.1, 0.15) is 30.6 Å². The first kappa shape index (κ1) is 12.5. The summed E-state index contributed by atoms with van der Waals surface area (Å²) in [5, 5.41) is 10.1. The molecule has 0 spiro atoms. The lowest BCUT2D eigenvalue weighted by molar-refractivity contribution is 0.0413. The van der Waals surface area contributed by atoms with Gasteiger partial charge in [-0.1, -0.05) is 0 Å². The van der Waals surface area contributed by atoms with Crippen LogP contribution in [0.5, 0.6) is 0 Å². The number of ether oxygens (including phenoxy) is 1. The maximum atomic E-state index is 13.7. The van der Waals surface area contributed by atoms with E-state index in [2.05, 4.69) is 0 Å². The second-order valence-electron chi connectivity index (χ2n) is 4.60. The molecule has 3 unspecified atom stereocenters. The van der Waals surface area contributed by atoms with Crippen LogP contribution in [0.25, 0.3) is 0 Å². The van der Waals surface area contributed by atoms with E-state index >= 15 is 0 Å². The van der Waals surface area contributed by atoms with Gasteiger partial charge < -0.3 is 9.84 Å². The van der Waals surface area contributed by atoms with Crippen molar-refractivity contribution in [2.75, 3.05) is 6.61 Å². The SMILES string of the molecule is Cc1cc(F)c(C(O)C2CCOC2C)cc1F. The van der Waals surface area contributed by atoms with Gasteiger partial charge in [-0.15, -0.1) is 0 Å². The van der Waals surface area contributed by atoms with Crippen molar-refractivity contribution in [1.29, 1.82) is 0 Å². The average molecular weight is 242 g/mol. The van der Waals surface area contributed by atoms with Gasteiger partial charge in [-0.3, -0.25) is 0 Å². The van der Waals surface area contributed by atoms with Crippen molar-refractivity contribution < 1.29 is 18.6 Å². The maximum Gasteiger partial charge on any atom is 0.129 e. The third-order valence-electron chi connectivity index (χ3n) is 3.44. The van der Waals surface area contributed by atoms with Crippen molar-refractivity contribution >= 4 is 0 Å². The topological polar surface area (TPSA) is 29.5 Å². The molecule has 2 nitrogen and oxygen atoms in total. The molecule has 0 amide bonds. The highest BCUT2D eigenvalue weighted by Gasteiger charge is 2.33. The predicted molar refractivity (Wildman–Crippen MR) is 59.6 cm³/mol. The van der Waals surface area contributed by atoms with Gasteiger partial charge in [0.05, 0.1) is 12.2 Å². The van der Waals surface area contributed by atoms with Crippen molar-refractivity contribution in [3.05, 3.63) is 34.9 Å². The molecule has 1 saturated heterocycles. The lowest BCUT2D eigenvalue weighted by Crippen LogP contribution is -2.21. The zero-order valence-electron chi connectivity index (χ0n) is 9.91. The minimum Gasteiger partial charge on any atom is -0.388 e. The molecule has 3 atom stereocenters. The number of halogens is 2. The molecule has 0 saturated carbocycles. The van der Waals surface area contributed by atoms with Crippen LogP contribution in [0.2, 0.25) is 0 Å². The van der Waals surface area contributed by atoms with E-state index in [0.717, 1.165) is 12.1 Å². The second-order valence-corrected chi connectivity index (χ2v) is 4.60. The molecule has 1 heterocycles. The summed E-state index contributed by atoms with van der Waals surface area (Å²) >= 11 is 0. The molecule has 0 radical (unpaired) electrons. The Morgan fingerprint density at radius 3 is 2.65 bits per heavy atom. The molecule has 94 valence electrons. The zero-order chi connectivity index (χ0) is 12.6. The highest BCUT2D eigenvalue weighted by Crippen LogP contribution is 2.34. The normalized spacial score (nSPS) is 26.2. The average Bonchev–Trinajstić information content (AvgIpc) is 2.69. The smallest absolute Gasteiger partial charge is 0.129 e. The lowest BCUT2D eigenvalue weighted by atomic mass is 9.90. The van der Waals surface area contributed by atoms with E-state index in [0.29, 0.717) is 13.0 Å². The molecule has 1 N–H and O–H groups in total. The van der Waals surface area contributed by atoms with Crippen LogP contribution in [0.4, 0.5) is 8.78 Å². The largest absolute Gasteiger partial charge is 0.388 e. The minimum absolute atomic E-state index is 0.0236. The number of hydrogen-bond acceptors (Lipinski definition) is 2. The van der Waals surface area contributed by atoms with Gasteiger partial charge in [0.25, 0.3) is 0 Å². The first-order chi connectivity index (χ1) is 8.00. The van der Waals surface area contributed by atoms with Gasteiger partial charge in [0.2, 0.25) is 0 Å². The van der Waals surface area contributed by atoms with Crippen LogP contribution in [0.3, 0.4) is 0 Å². The van der Waals surface area contributed by atoms with E-state index < -0.39 is 17.7 Å². The van der Waals surface area contributed by atoms with Crippen LogP contribution >= 0.6 is 0 Å². The van der Waals surface area contributed by atoms with Crippen molar-refractivity contribution in [1.82, 2.24) is 0 Å². The molecule has 1 aromatic rings. The molecule has 0 bridgehead atoms. The molecule has 4 heteroatoms. The highest BCUT2D eigenvalue weighted by atomic mass is 19.1. The quantitative estimate of drug-likeness (QED) is 0.864. The van der Waals surface area contributed by atoms with E-state index in [1.807, 2.05) is 6.92 Å². The van der Waals surface area contributed by atoms with Gasteiger partial charge in [0, 0.05) is 18.1 Å². The lowest BCUT2D eigenvalue weighted by Gasteiger charge is -2.22. The van der Waals surface area contributed by atoms with Crippen molar-refractivity contribution in [2.24, 2.45) is 5.92 Å². The molecule has 2 rings (SSSR count). The Kier molecular flexibility index (Phi) is 3.45. The number of aliphatic hydroxyl groups is 1. The Bertz CT molecular complexity index is 420. The van der Waals surface area contributed by atoms with E-state index in [-0.39, 0.29) is 23.1 Å². The summed E-state index contributed by atoms with van der Waals surface area (Å²) in [5.74, 6) is -1.23. The molecule has 0 aliphatic carbocycles. The van der Waals surface area contributed by atoms with Gasteiger partial charge in [-0.25, -0.2) is 8.78 Å².